The molecule has 2 rings (SSSR count). The van der Waals surface area contributed by atoms with E-state index in [1.54, 1.807) is 0 Å². The molecule has 0 bridgehead atoms. The van der Waals surface area contributed by atoms with E-state index >= 15 is 0 Å². The van der Waals surface area contributed by atoms with Gasteiger partial charge in [-0.05, 0) is 20.2 Å². The van der Waals surface area contributed by atoms with E-state index in [4.69, 9.17) is 9.47 Å². The van der Waals surface area contributed by atoms with Gasteiger partial charge < -0.3 is 19.7 Å². The van der Waals surface area contributed by atoms with Gasteiger partial charge in [0, 0.05) is 25.2 Å². The van der Waals surface area contributed by atoms with Crippen LogP contribution in [0.25, 0.3) is 0 Å². The zero-order valence-electron chi connectivity index (χ0n) is 11.2. The van der Waals surface area contributed by atoms with E-state index in [1.165, 1.54) is 5.56 Å². The molecule has 18 heavy (non-hydrogen) atoms. The molecule has 1 fully saturated rings. The van der Waals surface area contributed by atoms with Crippen molar-refractivity contribution >= 4 is 0 Å². The van der Waals surface area contributed by atoms with Crippen molar-refractivity contribution in [1.29, 1.82) is 0 Å². The molecule has 0 radical (unpaired) electrons. The largest absolute Gasteiger partial charge is 0.490 e. The summed E-state index contributed by atoms with van der Waals surface area (Å²) in [6.07, 6.45) is 0.173. The standard InChI is InChI=1S/C14H22N2O2/c1-15-9-12-5-3-4-6-14(12)18-11-13-10-16(2)7-8-17-13/h3-6,13,15H,7-11H2,1-2H3. The third-order valence-corrected chi connectivity index (χ3v) is 3.11. The lowest BCUT2D eigenvalue weighted by molar-refractivity contribution is -0.0404. The molecule has 4 heteroatoms. The number of benzene rings is 1. The lowest BCUT2D eigenvalue weighted by Gasteiger charge is -2.30. The topological polar surface area (TPSA) is 33.7 Å². The second-order valence-corrected chi connectivity index (χ2v) is 4.70. The van der Waals surface area contributed by atoms with Crippen LogP contribution in [0.15, 0.2) is 24.3 Å². The van der Waals surface area contributed by atoms with Crippen molar-refractivity contribution < 1.29 is 9.47 Å². The van der Waals surface area contributed by atoms with Gasteiger partial charge in [0.2, 0.25) is 0 Å². The van der Waals surface area contributed by atoms with E-state index in [0.717, 1.165) is 32.0 Å². The van der Waals surface area contributed by atoms with Crippen molar-refractivity contribution in [2.75, 3.05) is 40.4 Å². The quantitative estimate of drug-likeness (QED) is 0.849. The van der Waals surface area contributed by atoms with Gasteiger partial charge in [0.25, 0.3) is 0 Å². The second kappa shape index (κ2) is 6.73. The minimum Gasteiger partial charge on any atom is -0.490 e. The highest BCUT2D eigenvalue weighted by atomic mass is 16.5. The predicted molar refractivity (Wildman–Crippen MR) is 71.9 cm³/mol. The average Bonchev–Trinajstić information content (AvgIpc) is 2.38. The Balaban J connectivity index is 1.89. The van der Waals surface area contributed by atoms with Gasteiger partial charge in [-0.15, -0.1) is 0 Å². The fourth-order valence-electron chi connectivity index (χ4n) is 2.13. The average molecular weight is 250 g/mol. The van der Waals surface area contributed by atoms with Crippen LogP contribution in [0.4, 0.5) is 0 Å². The Labute approximate surface area is 109 Å². The minimum atomic E-state index is 0.173. The molecule has 1 unspecified atom stereocenters. The van der Waals surface area contributed by atoms with Crippen LogP contribution in [0.1, 0.15) is 5.56 Å². The first-order valence-electron chi connectivity index (χ1n) is 6.45. The summed E-state index contributed by atoms with van der Waals surface area (Å²) < 4.78 is 11.6. The Morgan fingerprint density at radius 1 is 1.44 bits per heavy atom. The van der Waals surface area contributed by atoms with E-state index in [0.29, 0.717) is 6.61 Å². The van der Waals surface area contributed by atoms with E-state index in [2.05, 4.69) is 23.3 Å². The maximum Gasteiger partial charge on any atom is 0.123 e. The molecule has 0 spiro atoms. The molecule has 4 nitrogen and oxygen atoms in total. The highest BCUT2D eigenvalue weighted by molar-refractivity contribution is 5.33. The number of para-hydroxylation sites is 1. The molecule has 1 aromatic carbocycles. The van der Waals surface area contributed by atoms with Crippen molar-refractivity contribution in [2.45, 2.75) is 12.6 Å². The lowest BCUT2D eigenvalue weighted by Crippen LogP contribution is -2.42. The number of morpholine rings is 1. The number of nitrogens with one attached hydrogen (secondary N) is 1. The first-order chi connectivity index (χ1) is 8.79. The molecular weight excluding hydrogens is 228 g/mol. The van der Waals surface area contributed by atoms with Gasteiger partial charge >= 0.3 is 0 Å². The maximum absolute atomic E-state index is 5.89. The van der Waals surface area contributed by atoms with Gasteiger partial charge in [0.15, 0.2) is 0 Å². The van der Waals surface area contributed by atoms with Crippen LogP contribution >= 0.6 is 0 Å². The zero-order valence-corrected chi connectivity index (χ0v) is 11.2. The molecule has 1 heterocycles. The Bertz CT molecular complexity index is 371. The Hall–Kier alpha value is -1.10. The molecule has 100 valence electrons. The molecule has 1 aromatic rings. The molecule has 0 amide bonds. The van der Waals surface area contributed by atoms with Crippen LogP contribution in [-0.4, -0.2) is 51.4 Å². The molecule has 0 aromatic heterocycles. The number of likely N-dealkylation sites (N-methyl/N-ethyl adjacent to an activating group) is 1. The Kier molecular flexibility index (Phi) is 4.99. The van der Waals surface area contributed by atoms with Crippen molar-refractivity contribution in [3.05, 3.63) is 29.8 Å². The molecule has 1 saturated heterocycles. The number of nitrogens with zero attached hydrogens (tertiary/aromatic N) is 1. The molecular formula is C14H22N2O2. The summed E-state index contributed by atoms with van der Waals surface area (Å²) in [5.41, 5.74) is 1.18. The van der Waals surface area contributed by atoms with Gasteiger partial charge in [0.05, 0.1) is 6.61 Å². The smallest absolute Gasteiger partial charge is 0.123 e. The summed E-state index contributed by atoms with van der Waals surface area (Å²) >= 11 is 0. The van der Waals surface area contributed by atoms with E-state index in [-0.39, 0.29) is 6.10 Å². The Morgan fingerprint density at radius 2 is 2.28 bits per heavy atom. The lowest BCUT2D eigenvalue weighted by atomic mass is 10.2. The van der Waals surface area contributed by atoms with Crippen LogP contribution in [-0.2, 0) is 11.3 Å². The van der Waals surface area contributed by atoms with Crippen LogP contribution in [0.2, 0.25) is 0 Å². The zero-order chi connectivity index (χ0) is 12.8. The van der Waals surface area contributed by atoms with Crippen LogP contribution in [0, 0.1) is 0 Å². The molecule has 1 atom stereocenters. The first kappa shape index (κ1) is 13.3. The Morgan fingerprint density at radius 3 is 3.06 bits per heavy atom. The fourth-order valence-corrected chi connectivity index (χ4v) is 2.13. The normalized spacial score (nSPS) is 20.9. The molecule has 1 N–H and O–H groups in total. The summed E-state index contributed by atoms with van der Waals surface area (Å²) in [4.78, 5) is 2.27. The van der Waals surface area contributed by atoms with Crippen molar-refractivity contribution in [1.82, 2.24) is 10.2 Å². The minimum absolute atomic E-state index is 0.173. The van der Waals surface area contributed by atoms with Gasteiger partial charge in [0.1, 0.15) is 18.5 Å². The van der Waals surface area contributed by atoms with Gasteiger partial charge in [-0.2, -0.15) is 0 Å². The monoisotopic (exact) mass is 250 g/mol. The summed E-state index contributed by atoms with van der Waals surface area (Å²) in [5.74, 6) is 0.948. The van der Waals surface area contributed by atoms with Gasteiger partial charge in [-0.1, -0.05) is 18.2 Å². The number of ether oxygens (including phenoxy) is 2. The molecule has 1 aliphatic heterocycles. The summed E-state index contributed by atoms with van der Waals surface area (Å²) in [5, 5.41) is 3.15. The number of hydrogen-bond donors (Lipinski definition) is 1. The second-order valence-electron chi connectivity index (χ2n) is 4.70. The predicted octanol–water partition coefficient (Wildman–Crippen LogP) is 1.12. The van der Waals surface area contributed by atoms with Crippen LogP contribution in [0.5, 0.6) is 5.75 Å². The molecule has 0 aliphatic carbocycles. The summed E-state index contributed by atoms with van der Waals surface area (Å²) in [6.45, 7) is 4.18. The third-order valence-electron chi connectivity index (χ3n) is 3.11. The highest BCUT2D eigenvalue weighted by Gasteiger charge is 2.18. The van der Waals surface area contributed by atoms with E-state index < -0.39 is 0 Å². The van der Waals surface area contributed by atoms with Crippen molar-refractivity contribution in [2.24, 2.45) is 0 Å². The van der Waals surface area contributed by atoms with Crippen LogP contribution < -0.4 is 10.1 Å². The molecule has 1 aliphatic rings. The van der Waals surface area contributed by atoms with E-state index in [9.17, 15) is 0 Å². The number of hydrogen-bond acceptors (Lipinski definition) is 4. The van der Waals surface area contributed by atoms with Gasteiger partial charge in [-0.3, -0.25) is 0 Å². The third kappa shape index (κ3) is 3.70. The maximum atomic E-state index is 5.89. The summed E-state index contributed by atoms with van der Waals surface area (Å²) in [7, 11) is 4.06. The number of rotatable bonds is 5. The fraction of sp³-hybridized carbons (Fsp3) is 0.571. The van der Waals surface area contributed by atoms with Crippen molar-refractivity contribution in [3.8, 4) is 5.75 Å². The summed E-state index contributed by atoms with van der Waals surface area (Å²) in [6, 6.07) is 8.13. The van der Waals surface area contributed by atoms with Crippen LogP contribution in [0.3, 0.4) is 0 Å². The first-order valence-corrected chi connectivity index (χ1v) is 6.45. The van der Waals surface area contributed by atoms with Gasteiger partial charge in [-0.25, -0.2) is 0 Å². The SMILES string of the molecule is CNCc1ccccc1OCC1CN(C)CCO1. The highest BCUT2D eigenvalue weighted by Crippen LogP contribution is 2.18. The molecule has 0 saturated carbocycles. The van der Waals surface area contributed by atoms with Crippen molar-refractivity contribution in [3.63, 3.8) is 0 Å². The van der Waals surface area contributed by atoms with E-state index in [1.807, 2.05) is 25.2 Å².